The summed E-state index contributed by atoms with van der Waals surface area (Å²) in [4.78, 5) is 16.5. The maximum Gasteiger partial charge on any atom is 0.264 e. The quantitative estimate of drug-likeness (QED) is 0.709. The molecule has 0 aliphatic heterocycles. The van der Waals surface area contributed by atoms with Crippen molar-refractivity contribution in [3.63, 3.8) is 0 Å². The lowest BCUT2D eigenvalue weighted by Crippen LogP contribution is -2.20. The fourth-order valence-electron chi connectivity index (χ4n) is 2.35. The molecule has 0 aliphatic carbocycles. The lowest BCUT2D eigenvalue weighted by Gasteiger charge is -2.09. The molecule has 1 aromatic heterocycles. The molecule has 25 heavy (non-hydrogen) atoms. The van der Waals surface area contributed by atoms with E-state index in [1.807, 2.05) is 42.5 Å². The highest BCUT2D eigenvalue weighted by Crippen LogP contribution is 2.29. The summed E-state index contributed by atoms with van der Waals surface area (Å²) in [6, 6.07) is 13.4. The van der Waals surface area contributed by atoms with E-state index in [1.54, 1.807) is 7.11 Å². The van der Waals surface area contributed by atoms with Gasteiger partial charge in [-0.3, -0.25) is 10.1 Å². The molecule has 1 amide bonds. The monoisotopic (exact) mass is 356 g/mol. The molecular weight excluding hydrogens is 336 g/mol. The maximum atomic E-state index is 12.1. The van der Waals surface area contributed by atoms with Gasteiger partial charge < -0.3 is 9.47 Å². The molecule has 0 bridgehead atoms. The Morgan fingerprint density at radius 3 is 2.80 bits per heavy atom. The van der Waals surface area contributed by atoms with Crippen molar-refractivity contribution < 1.29 is 14.3 Å². The van der Waals surface area contributed by atoms with E-state index in [4.69, 9.17) is 9.47 Å². The fraction of sp³-hybridized carbons (Fsp3) is 0.263. The van der Waals surface area contributed by atoms with E-state index in [0.717, 1.165) is 16.0 Å². The Morgan fingerprint density at radius 1 is 1.20 bits per heavy atom. The molecule has 2 aromatic carbocycles. The van der Waals surface area contributed by atoms with Crippen molar-refractivity contribution in [3.05, 3.63) is 48.0 Å². The molecule has 3 aromatic rings. The van der Waals surface area contributed by atoms with Crippen molar-refractivity contribution in [1.29, 1.82) is 0 Å². The van der Waals surface area contributed by atoms with E-state index in [0.29, 0.717) is 16.8 Å². The predicted octanol–water partition coefficient (Wildman–Crippen LogP) is 4.45. The number of carbonyl (C=O) groups excluding carboxylic acids is 1. The third-order valence-electron chi connectivity index (χ3n) is 3.74. The third kappa shape index (κ3) is 4.28. The van der Waals surface area contributed by atoms with Gasteiger partial charge in [-0.25, -0.2) is 4.98 Å². The molecule has 0 saturated heterocycles. The van der Waals surface area contributed by atoms with Crippen LogP contribution in [0, 0.1) is 0 Å². The molecule has 5 nitrogen and oxygen atoms in total. The van der Waals surface area contributed by atoms with Crippen LogP contribution >= 0.6 is 11.3 Å². The number of amides is 1. The molecule has 0 unspecified atom stereocenters. The first-order chi connectivity index (χ1) is 12.0. The molecule has 0 fully saturated rings. The number of fused-ring (bicyclic) bond motifs is 1. The van der Waals surface area contributed by atoms with Gasteiger partial charge in [0.2, 0.25) is 0 Å². The van der Waals surface area contributed by atoms with Crippen LogP contribution in [0.2, 0.25) is 0 Å². The maximum absolute atomic E-state index is 12.1. The molecule has 3 rings (SSSR count). The zero-order valence-corrected chi connectivity index (χ0v) is 15.2. The van der Waals surface area contributed by atoms with Crippen molar-refractivity contribution in [3.8, 4) is 11.5 Å². The second kappa shape index (κ2) is 7.53. The number of hydrogen-bond donors (Lipinski definition) is 1. The summed E-state index contributed by atoms with van der Waals surface area (Å²) in [6.07, 6.45) is 0. The minimum absolute atomic E-state index is 0.0548. The van der Waals surface area contributed by atoms with Crippen molar-refractivity contribution >= 4 is 32.6 Å². The number of benzene rings is 2. The summed E-state index contributed by atoms with van der Waals surface area (Å²) < 4.78 is 11.7. The molecule has 1 heterocycles. The van der Waals surface area contributed by atoms with Gasteiger partial charge in [-0.2, -0.15) is 0 Å². The van der Waals surface area contributed by atoms with E-state index in [2.05, 4.69) is 24.1 Å². The number of aromatic nitrogens is 1. The molecule has 0 aliphatic rings. The largest absolute Gasteiger partial charge is 0.497 e. The van der Waals surface area contributed by atoms with Crippen LogP contribution in [-0.4, -0.2) is 24.6 Å². The van der Waals surface area contributed by atoms with Crippen LogP contribution in [0.25, 0.3) is 10.2 Å². The number of methoxy groups -OCH3 is 1. The number of anilines is 1. The SMILES string of the molecule is COc1ccc2nc(NC(=O)COc3cccc(C(C)C)c3)sc2c1. The van der Waals surface area contributed by atoms with E-state index in [1.165, 1.54) is 16.9 Å². The summed E-state index contributed by atoms with van der Waals surface area (Å²) in [6.45, 7) is 4.18. The van der Waals surface area contributed by atoms with Gasteiger partial charge in [-0.15, -0.1) is 0 Å². The van der Waals surface area contributed by atoms with Gasteiger partial charge in [0.1, 0.15) is 11.5 Å². The third-order valence-corrected chi connectivity index (χ3v) is 4.67. The highest BCUT2D eigenvalue weighted by Gasteiger charge is 2.10. The average molecular weight is 356 g/mol. The second-order valence-electron chi connectivity index (χ2n) is 5.92. The van der Waals surface area contributed by atoms with Gasteiger partial charge in [-0.05, 0) is 41.8 Å². The molecule has 0 atom stereocenters. The summed E-state index contributed by atoms with van der Waals surface area (Å²) in [5, 5.41) is 3.33. The number of nitrogens with zero attached hydrogens (tertiary/aromatic N) is 1. The normalized spacial score (nSPS) is 10.9. The minimum Gasteiger partial charge on any atom is -0.497 e. The summed E-state index contributed by atoms with van der Waals surface area (Å²) in [5.74, 6) is 1.64. The molecule has 130 valence electrons. The average Bonchev–Trinajstić information content (AvgIpc) is 3.01. The van der Waals surface area contributed by atoms with Gasteiger partial charge in [0.05, 0.1) is 17.3 Å². The highest BCUT2D eigenvalue weighted by atomic mass is 32.1. The van der Waals surface area contributed by atoms with Crippen molar-refractivity contribution in [2.75, 3.05) is 19.0 Å². The number of hydrogen-bond acceptors (Lipinski definition) is 5. The number of nitrogens with one attached hydrogen (secondary N) is 1. The van der Waals surface area contributed by atoms with E-state index in [-0.39, 0.29) is 12.5 Å². The van der Waals surface area contributed by atoms with Crippen molar-refractivity contribution in [2.45, 2.75) is 19.8 Å². The Morgan fingerprint density at radius 2 is 2.04 bits per heavy atom. The first kappa shape index (κ1) is 17.2. The second-order valence-corrected chi connectivity index (χ2v) is 6.95. The number of carbonyl (C=O) groups is 1. The van der Waals surface area contributed by atoms with Crippen molar-refractivity contribution in [2.24, 2.45) is 0 Å². The summed E-state index contributed by atoms with van der Waals surface area (Å²) in [5.41, 5.74) is 2.00. The van der Waals surface area contributed by atoms with Crippen LogP contribution in [0.15, 0.2) is 42.5 Å². The van der Waals surface area contributed by atoms with E-state index in [9.17, 15) is 4.79 Å². The first-order valence-electron chi connectivity index (χ1n) is 8.02. The smallest absolute Gasteiger partial charge is 0.264 e. The zero-order chi connectivity index (χ0) is 17.8. The van der Waals surface area contributed by atoms with Crippen LogP contribution in [-0.2, 0) is 4.79 Å². The molecule has 6 heteroatoms. The standard InChI is InChI=1S/C19H20N2O3S/c1-12(2)13-5-4-6-15(9-13)24-11-18(22)21-19-20-16-8-7-14(23-3)10-17(16)25-19/h4-10,12H,11H2,1-3H3,(H,20,21,22). The lowest BCUT2D eigenvalue weighted by atomic mass is 10.0. The molecular formula is C19H20N2O3S. The van der Waals surface area contributed by atoms with Gasteiger partial charge in [0, 0.05) is 0 Å². The Hall–Kier alpha value is -2.60. The van der Waals surface area contributed by atoms with Gasteiger partial charge in [0.15, 0.2) is 11.7 Å². The lowest BCUT2D eigenvalue weighted by molar-refractivity contribution is -0.118. The van der Waals surface area contributed by atoms with Crippen LogP contribution < -0.4 is 14.8 Å². The predicted molar refractivity (Wildman–Crippen MR) is 101 cm³/mol. The topological polar surface area (TPSA) is 60.5 Å². The zero-order valence-electron chi connectivity index (χ0n) is 14.4. The Balaban J connectivity index is 1.62. The fourth-order valence-corrected chi connectivity index (χ4v) is 3.26. The van der Waals surface area contributed by atoms with Crippen LogP contribution in [0.1, 0.15) is 25.3 Å². The van der Waals surface area contributed by atoms with Crippen LogP contribution in [0.3, 0.4) is 0 Å². The number of thiazole rings is 1. The number of ether oxygens (including phenoxy) is 2. The summed E-state index contributed by atoms with van der Waals surface area (Å²) >= 11 is 1.40. The van der Waals surface area contributed by atoms with Crippen molar-refractivity contribution in [1.82, 2.24) is 4.98 Å². The molecule has 0 saturated carbocycles. The van der Waals surface area contributed by atoms with Gasteiger partial charge >= 0.3 is 0 Å². The van der Waals surface area contributed by atoms with E-state index < -0.39 is 0 Å². The van der Waals surface area contributed by atoms with Crippen LogP contribution in [0.4, 0.5) is 5.13 Å². The number of rotatable bonds is 6. The summed E-state index contributed by atoms with van der Waals surface area (Å²) in [7, 11) is 1.62. The Bertz CT molecular complexity index is 889. The minimum atomic E-state index is -0.235. The molecule has 0 spiro atoms. The Labute approximate surface area is 150 Å². The van der Waals surface area contributed by atoms with E-state index >= 15 is 0 Å². The highest BCUT2D eigenvalue weighted by molar-refractivity contribution is 7.22. The Kier molecular flexibility index (Phi) is 5.19. The van der Waals surface area contributed by atoms with Gasteiger partial charge in [-0.1, -0.05) is 37.3 Å². The van der Waals surface area contributed by atoms with Gasteiger partial charge in [0.25, 0.3) is 5.91 Å². The van der Waals surface area contributed by atoms with Crippen LogP contribution in [0.5, 0.6) is 11.5 Å². The first-order valence-corrected chi connectivity index (χ1v) is 8.84. The molecule has 0 radical (unpaired) electrons. The molecule has 1 N–H and O–H groups in total.